The van der Waals surface area contributed by atoms with Gasteiger partial charge in [0.05, 0.1) is 5.52 Å². The Morgan fingerprint density at radius 3 is 2.71 bits per heavy atom. The summed E-state index contributed by atoms with van der Waals surface area (Å²) >= 11 is 3.47. The maximum absolute atomic E-state index is 4.24. The molecule has 0 N–H and O–H groups in total. The van der Waals surface area contributed by atoms with Gasteiger partial charge < -0.3 is 4.90 Å². The molecule has 0 spiro atoms. The van der Waals surface area contributed by atoms with E-state index in [2.05, 4.69) is 25.9 Å². The summed E-state index contributed by atoms with van der Waals surface area (Å²) < 4.78 is 1.00. The Morgan fingerprint density at radius 1 is 1.21 bits per heavy atom. The quantitative estimate of drug-likeness (QED) is 0.780. The van der Waals surface area contributed by atoms with Gasteiger partial charge in [0.2, 0.25) is 0 Å². The molecule has 14 heavy (non-hydrogen) atoms. The fraction of sp³-hybridized carbons (Fsp3) is 0.200. The summed E-state index contributed by atoms with van der Waals surface area (Å²) in [7, 11) is 3.95. The first-order valence-corrected chi connectivity index (χ1v) is 5.06. The average Bonchev–Trinajstić information content (AvgIpc) is 2.17. The lowest BCUT2D eigenvalue weighted by Crippen LogP contribution is -2.11. The minimum Gasteiger partial charge on any atom is -0.362 e. The first kappa shape index (κ1) is 9.40. The number of para-hydroxylation sites is 1. The molecular weight excluding hydrogens is 242 g/mol. The molecule has 0 bridgehead atoms. The Labute approximate surface area is 90.9 Å². The molecule has 3 nitrogen and oxygen atoms in total. The van der Waals surface area contributed by atoms with E-state index in [9.17, 15) is 0 Å². The number of hydrogen-bond donors (Lipinski definition) is 0. The van der Waals surface area contributed by atoms with Crippen molar-refractivity contribution in [2.24, 2.45) is 0 Å². The predicted molar refractivity (Wildman–Crippen MR) is 61.6 cm³/mol. The van der Waals surface area contributed by atoms with Crippen LogP contribution in [0, 0.1) is 0 Å². The van der Waals surface area contributed by atoms with Crippen molar-refractivity contribution in [3.05, 3.63) is 29.0 Å². The van der Waals surface area contributed by atoms with Gasteiger partial charge >= 0.3 is 0 Å². The Balaban J connectivity index is 2.81. The molecule has 0 radical (unpaired) electrons. The van der Waals surface area contributed by atoms with E-state index in [0.717, 1.165) is 21.2 Å². The van der Waals surface area contributed by atoms with E-state index in [0.29, 0.717) is 0 Å². The van der Waals surface area contributed by atoms with Gasteiger partial charge in [-0.1, -0.05) is 6.07 Å². The molecular formula is C10H10BrN3. The normalized spacial score (nSPS) is 10.5. The smallest absolute Gasteiger partial charge is 0.139 e. The van der Waals surface area contributed by atoms with E-state index in [1.807, 2.05) is 37.2 Å². The molecule has 0 aliphatic heterocycles. The Bertz CT molecular complexity index is 468. The SMILES string of the molecule is CN(C)c1ncnc2c(Br)cccc12. The fourth-order valence-electron chi connectivity index (χ4n) is 1.39. The van der Waals surface area contributed by atoms with Crippen LogP contribution in [0.15, 0.2) is 29.0 Å². The molecule has 0 aliphatic rings. The highest BCUT2D eigenvalue weighted by molar-refractivity contribution is 9.10. The maximum Gasteiger partial charge on any atom is 0.139 e. The number of anilines is 1. The Morgan fingerprint density at radius 2 is 2.00 bits per heavy atom. The van der Waals surface area contributed by atoms with Gasteiger partial charge in [-0.25, -0.2) is 9.97 Å². The van der Waals surface area contributed by atoms with Gasteiger partial charge in [-0.2, -0.15) is 0 Å². The van der Waals surface area contributed by atoms with Crippen molar-refractivity contribution >= 4 is 32.7 Å². The average molecular weight is 252 g/mol. The van der Waals surface area contributed by atoms with Crippen molar-refractivity contribution in [1.29, 1.82) is 0 Å². The second-order valence-corrected chi connectivity index (χ2v) is 4.08. The van der Waals surface area contributed by atoms with E-state index in [1.165, 1.54) is 0 Å². The number of fused-ring (bicyclic) bond motifs is 1. The van der Waals surface area contributed by atoms with Gasteiger partial charge in [-0.15, -0.1) is 0 Å². The van der Waals surface area contributed by atoms with Crippen molar-refractivity contribution in [3.63, 3.8) is 0 Å². The third-order valence-corrected chi connectivity index (χ3v) is 2.66. The monoisotopic (exact) mass is 251 g/mol. The van der Waals surface area contributed by atoms with Crippen LogP contribution in [-0.4, -0.2) is 24.1 Å². The van der Waals surface area contributed by atoms with Crippen molar-refractivity contribution in [3.8, 4) is 0 Å². The maximum atomic E-state index is 4.24. The molecule has 0 aliphatic carbocycles. The summed E-state index contributed by atoms with van der Waals surface area (Å²) in [5, 5.41) is 1.06. The van der Waals surface area contributed by atoms with Crippen molar-refractivity contribution < 1.29 is 0 Å². The van der Waals surface area contributed by atoms with E-state index in [4.69, 9.17) is 0 Å². The standard InChI is InChI=1S/C10H10BrN3/c1-14(2)10-7-4-3-5-8(11)9(7)12-6-13-10/h3-6H,1-2H3. The first-order chi connectivity index (χ1) is 6.70. The highest BCUT2D eigenvalue weighted by Gasteiger charge is 2.06. The van der Waals surface area contributed by atoms with Crippen LogP contribution < -0.4 is 4.90 Å². The molecule has 72 valence electrons. The van der Waals surface area contributed by atoms with Crippen LogP contribution in [-0.2, 0) is 0 Å². The third kappa shape index (κ3) is 1.46. The summed E-state index contributed by atoms with van der Waals surface area (Å²) in [5.41, 5.74) is 0.950. The van der Waals surface area contributed by atoms with E-state index >= 15 is 0 Å². The zero-order valence-corrected chi connectivity index (χ0v) is 9.62. The largest absolute Gasteiger partial charge is 0.362 e. The molecule has 0 amide bonds. The minimum absolute atomic E-state index is 0.941. The van der Waals surface area contributed by atoms with Crippen molar-refractivity contribution in [1.82, 2.24) is 9.97 Å². The Hall–Kier alpha value is -1.16. The zero-order valence-electron chi connectivity index (χ0n) is 8.03. The van der Waals surface area contributed by atoms with E-state index in [-0.39, 0.29) is 0 Å². The van der Waals surface area contributed by atoms with Crippen LogP contribution in [0.5, 0.6) is 0 Å². The lowest BCUT2D eigenvalue weighted by Gasteiger charge is -2.13. The summed E-state index contributed by atoms with van der Waals surface area (Å²) in [6.45, 7) is 0. The topological polar surface area (TPSA) is 29.0 Å². The molecule has 0 saturated heterocycles. The summed E-state index contributed by atoms with van der Waals surface area (Å²) in [5.74, 6) is 0.941. The van der Waals surface area contributed by atoms with Crippen LogP contribution in [0.1, 0.15) is 0 Å². The molecule has 0 atom stereocenters. The van der Waals surface area contributed by atoms with Crippen LogP contribution >= 0.6 is 15.9 Å². The summed E-state index contributed by atoms with van der Waals surface area (Å²) in [6, 6.07) is 5.99. The fourth-order valence-corrected chi connectivity index (χ4v) is 1.86. The van der Waals surface area contributed by atoms with E-state index in [1.54, 1.807) is 6.33 Å². The molecule has 1 aromatic carbocycles. The third-order valence-electron chi connectivity index (χ3n) is 2.02. The lowest BCUT2D eigenvalue weighted by molar-refractivity contribution is 1.06. The molecule has 0 unspecified atom stereocenters. The van der Waals surface area contributed by atoms with E-state index < -0.39 is 0 Å². The molecule has 0 saturated carbocycles. The number of nitrogens with zero attached hydrogens (tertiary/aromatic N) is 3. The number of halogens is 1. The van der Waals surface area contributed by atoms with Gasteiger partial charge in [0.1, 0.15) is 12.1 Å². The molecule has 2 aromatic rings. The number of aromatic nitrogens is 2. The summed E-state index contributed by atoms with van der Waals surface area (Å²) in [4.78, 5) is 10.5. The highest BCUT2D eigenvalue weighted by atomic mass is 79.9. The lowest BCUT2D eigenvalue weighted by atomic mass is 10.2. The number of rotatable bonds is 1. The Kier molecular flexibility index (Phi) is 2.37. The highest BCUT2D eigenvalue weighted by Crippen LogP contribution is 2.26. The van der Waals surface area contributed by atoms with Gasteiger partial charge in [0, 0.05) is 24.0 Å². The van der Waals surface area contributed by atoms with Crippen molar-refractivity contribution in [2.45, 2.75) is 0 Å². The summed E-state index contributed by atoms with van der Waals surface area (Å²) in [6.07, 6.45) is 1.59. The van der Waals surface area contributed by atoms with Gasteiger partial charge in [0.15, 0.2) is 0 Å². The molecule has 0 fully saturated rings. The minimum atomic E-state index is 0.941. The van der Waals surface area contributed by atoms with Crippen molar-refractivity contribution in [2.75, 3.05) is 19.0 Å². The number of benzene rings is 1. The molecule has 2 rings (SSSR count). The van der Waals surface area contributed by atoms with Gasteiger partial charge in [0.25, 0.3) is 0 Å². The van der Waals surface area contributed by atoms with Crippen LogP contribution in [0.25, 0.3) is 10.9 Å². The first-order valence-electron chi connectivity index (χ1n) is 4.26. The van der Waals surface area contributed by atoms with Crippen LogP contribution in [0.4, 0.5) is 5.82 Å². The van der Waals surface area contributed by atoms with Gasteiger partial charge in [-0.3, -0.25) is 0 Å². The van der Waals surface area contributed by atoms with Crippen LogP contribution in [0.3, 0.4) is 0 Å². The second kappa shape index (κ2) is 3.53. The molecule has 4 heteroatoms. The number of hydrogen-bond acceptors (Lipinski definition) is 3. The second-order valence-electron chi connectivity index (χ2n) is 3.23. The zero-order chi connectivity index (χ0) is 10.1. The molecule has 1 aromatic heterocycles. The van der Waals surface area contributed by atoms with Gasteiger partial charge in [-0.05, 0) is 28.1 Å². The molecule has 1 heterocycles. The van der Waals surface area contributed by atoms with Crippen LogP contribution in [0.2, 0.25) is 0 Å². The predicted octanol–water partition coefficient (Wildman–Crippen LogP) is 2.46.